The van der Waals surface area contributed by atoms with E-state index in [1.165, 1.54) is 18.3 Å². The van der Waals surface area contributed by atoms with E-state index < -0.39 is 38.0 Å². The molecule has 2 heterocycles. The van der Waals surface area contributed by atoms with Crippen LogP contribution in [-0.2, 0) is 28.0 Å². The third-order valence-corrected chi connectivity index (χ3v) is 8.41. The minimum absolute atomic E-state index is 0.0143. The second-order valence-electron chi connectivity index (χ2n) is 11.3. The van der Waals surface area contributed by atoms with Gasteiger partial charge in [0.05, 0.1) is 11.6 Å². The molecule has 1 saturated heterocycles. The number of hydrogen-bond acceptors (Lipinski definition) is 7. The maximum atomic E-state index is 14.2. The van der Waals surface area contributed by atoms with Gasteiger partial charge >= 0.3 is 6.18 Å². The number of piperazine rings is 1. The minimum Gasteiger partial charge on any atom is -0.386 e. The van der Waals surface area contributed by atoms with Crippen molar-refractivity contribution in [1.82, 2.24) is 9.97 Å². The Morgan fingerprint density at radius 3 is 2.29 bits per heavy atom. The lowest BCUT2D eigenvalue weighted by Crippen LogP contribution is -2.56. The van der Waals surface area contributed by atoms with Crippen molar-refractivity contribution in [3.05, 3.63) is 76.9 Å². The molecule has 1 fully saturated rings. The van der Waals surface area contributed by atoms with Crippen molar-refractivity contribution < 1.29 is 31.1 Å². The van der Waals surface area contributed by atoms with Crippen molar-refractivity contribution in [2.24, 2.45) is 5.92 Å². The number of alkyl halides is 3. The Morgan fingerprint density at radius 2 is 1.73 bits per heavy atom. The van der Waals surface area contributed by atoms with E-state index in [9.17, 15) is 31.1 Å². The normalized spacial score (nSPS) is 16.9. The molecular weight excluding hydrogens is 560 g/mol. The monoisotopic (exact) mass is 594 g/mol. The van der Waals surface area contributed by atoms with Crippen molar-refractivity contribution in [3.8, 4) is 0 Å². The summed E-state index contributed by atoms with van der Waals surface area (Å²) in [4.78, 5) is 11.6. The summed E-state index contributed by atoms with van der Waals surface area (Å²) in [5.74, 6) is -0.885. The minimum atomic E-state index is -4.70. The Hall–Kier alpha value is -3.25. The number of benzene rings is 2. The van der Waals surface area contributed by atoms with Crippen LogP contribution in [0.2, 0.25) is 0 Å². The topological polar surface area (TPSA) is 86.6 Å². The maximum absolute atomic E-state index is 14.2. The van der Waals surface area contributed by atoms with Crippen molar-refractivity contribution in [2.75, 3.05) is 35.7 Å². The Bertz CT molecular complexity index is 1500. The molecule has 7 nitrogen and oxygen atoms in total. The summed E-state index contributed by atoms with van der Waals surface area (Å²) in [5, 5.41) is 10.2. The Labute approximate surface area is 237 Å². The van der Waals surface area contributed by atoms with E-state index in [1.54, 1.807) is 43.0 Å². The summed E-state index contributed by atoms with van der Waals surface area (Å²) in [6, 6.07) is 10.3. The molecule has 0 spiro atoms. The van der Waals surface area contributed by atoms with Gasteiger partial charge in [0.1, 0.15) is 10.7 Å². The van der Waals surface area contributed by atoms with E-state index in [-0.39, 0.29) is 36.4 Å². The Morgan fingerprint density at radius 1 is 1.07 bits per heavy atom. The summed E-state index contributed by atoms with van der Waals surface area (Å²) < 4.78 is 80.8. The van der Waals surface area contributed by atoms with Crippen LogP contribution < -0.4 is 9.80 Å². The molecule has 222 valence electrons. The number of halogens is 4. The smallest absolute Gasteiger partial charge is 0.386 e. The zero-order chi connectivity index (χ0) is 30.3. The molecule has 0 bridgehead atoms. The number of hydrogen-bond donors (Lipinski definition) is 1. The molecule has 3 aromatic rings. The summed E-state index contributed by atoms with van der Waals surface area (Å²) in [6.45, 7) is 8.11. The summed E-state index contributed by atoms with van der Waals surface area (Å²) in [5.41, 5.74) is -0.339. The molecule has 0 radical (unpaired) electrons. The fourth-order valence-electron chi connectivity index (χ4n) is 5.00. The van der Waals surface area contributed by atoms with Crippen molar-refractivity contribution in [2.45, 2.75) is 56.8 Å². The molecule has 1 aliphatic heterocycles. The highest BCUT2D eigenvalue weighted by molar-refractivity contribution is 7.90. The van der Waals surface area contributed by atoms with Crippen LogP contribution in [0.15, 0.2) is 53.6 Å². The number of nitrogens with zero attached hydrogens (tertiary/aromatic N) is 4. The highest BCUT2D eigenvalue weighted by Gasteiger charge is 2.38. The fraction of sp³-hybridized carbons (Fsp3) is 0.448. The van der Waals surface area contributed by atoms with Gasteiger partial charge in [0.15, 0.2) is 15.5 Å². The van der Waals surface area contributed by atoms with Crippen molar-refractivity contribution in [1.29, 1.82) is 0 Å². The van der Waals surface area contributed by atoms with Crippen LogP contribution in [0.1, 0.15) is 50.1 Å². The molecule has 0 aliphatic carbocycles. The van der Waals surface area contributed by atoms with Crippen LogP contribution in [0.3, 0.4) is 0 Å². The van der Waals surface area contributed by atoms with E-state index in [4.69, 9.17) is 0 Å². The van der Waals surface area contributed by atoms with Gasteiger partial charge in [0.25, 0.3) is 0 Å². The summed E-state index contributed by atoms with van der Waals surface area (Å²) >= 11 is 0. The Balaban J connectivity index is 1.62. The van der Waals surface area contributed by atoms with Crippen LogP contribution in [-0.4, -0.2) is 55.4 Å². The zero-order valence-corrected chi connectivity index (χ0v) is 24.4. The number of rotatable bonds is 7. The van der Waals surface area contributed by atoms with Gasteiger partial charge in [-0.05, 0) is 49.1 Å². The van der Waals surface area contributed by atoms with Gasteiger partial charge in [-0.3, -0.25) is 0 Å². The third kappa shape index (κ3) is 6.98. The molecule has 1 aromatic heterocycles. The zero-order valence-electron chi connectivity index (χ0n) is 23.6. The third-order valence-electron chi connectivity index (χ3n) is 7.30. The van der Waals surface area contributed by atoms with E-state index in [1.807, 2.05) is 18.7 Å². The molecule has 4 rings (SSSR count). The van der Waals surface area contributed by atoms with E-state index in [0.29, 0.717) is 29.9 Å². The van der Waals surface area contributed by atoms with Gasteiger partial charge in [-0.25, -0.2) is 22.8 Å². The molecule has 2 aromatic carbocycles. The number of anilines is 2. The van der Waals surface area contributed by atoms with Crippen LogP contribution in [0, 0.1) is 11.7 Å². The van der Waals surface area contributed by atoms with Crippen LogP contribution in [0.5, 0.6) is 0 Å². The van der Waals surface area contributed by atoms with Gasteiger partial charge in [-0.2, -0.15) is 13.2 Å². The summed E-state index contributed by atoms with van der Waals surface area (Å²) in [7, 11) is -3.78. The molecular formula is C29H34F4N4O3S. The molecule has 1 unspecified atom stereocenters. The fourth-order valence-corrected chi connectivity index (χ4v) is 5.75. The lowest BCUT2D eigenvalue weighted by molar-refractivity contribution is -0.141. The van der Waals surface area contributed by atoms with E-state index >= 15 is 0 Å². The highest BCUT2D eigenvalue weighted by Crippen LogP contribution is 2.34. The maximum Gasteiger partial charge on any atom is 0.433 e. The first kappa shape index (κ1) is 30.7. The average molecular weight is 595 g/mol. The van der Waals surface area contributed by atoms with Crippen LogP contribution in [0.4, 0.5) is 29.2 Å². The van der Waals surface area contributed by atoms with Crippen molar-refractivity contribution in [3.63, 3.8) is 0 Å². The lowest BCUT2D eigenvalue weighted by Gasteiger charge is -2.44. The predicted molar refractivity (Wildman–Crippen MR) is 149 cm³/mol. The molecule has 41 heavy (non-hydrogen) atoms. The van der Waals surface area contributed by atoms with Gasteiger partial charge in [0.2, 0.25) is 5.95 Å². The first-order valence-corrected chi connectivity index (χ1v) is 15.1. The second kappa shape index (κ2) is 11.2. The molecule has 0 amide bonds. The van der Waals surface area contributed by atoms with E-state index in [0.717, 1.165) is 12.3 Å². The molecule has 1 aliphatic rings. The molecule has 12 heteroatoms. The largest absolute Gasteiger partial charge is 0.433 e. The van der Waals surface area contributed by atoms with E-state index in [2.05, 4.69) is 9.97 Å². The van der Waals surface area contributed by atoms with Crippen LogP contribution in [0.25, 0.3) is 0 Å². The van der Waals surface area contributed by atoms with Gasteiger partial charge in [-0.15, -0.1) is 0 Å². The lowest BCUT2D eigenvalue weighted by atomic mass is 9.95. The predicted octanol–water partition coefficient (Wildman–Crippen LogP) is 5.21. The van der Waals surface area contributed by atoms with Gasteiger partial charge in [-0.1, -0.05) is 38.1 Å². The first-order chi connectivity index (χ1) is 18.9. The highest BCUT2D eigenvalue weighted by atomic mass is 32.2. The standard InChI is InChI=1S/C29H34F4N4O3S/c1-18(2)24-17-36(22-10-11-23(30)25(15-22)41(5,39)40)12-13-37(24)27-34-16-20(26(35-27)29(31,32)33)14-19-6-8-21(9-7-19)28(3,4)38/h6-11,15-16,18,24,38H,12-14,17H2,1-5H3. The first-order valence-electron chi connectivity index (χ1n) is 13.2. The van der Waals surface area contributed by atoms with Crippen LogP contribution >= 0.6 is 0 Å². The SMILES string of the molecule is CC(C)C1CN(c2ccc(F)c(S(C)(=O)=O)c2)CCN1c1ncc(Cc2ccc(C(C)(C)O)cc2)c(C(F)(F)F)n1. The van der Waals surface area contributed by atoms with Gasteiger partial charge < -0.3 is 14.9 Å². The van der Waals surface area contributed by atoms with Crippen molar-refractivity contribution >= 4 is 21.5 Å². The quantitative estimate of drug-likeness (QED) is 0.376. The Kier molecular flexibility index (Phi) is 8.39. The second-order valence-corrected chi connectivity index (χ2v) is 13.3. The number of sulfone groups is 1. The molecule has 1 atom stereocenters. The molecule has 0 saturated carbocycles. The van der Waals surface area contributed by atoms with Gasteiger partial charge in [0, 0.05) is 49.8 Å². The number of aliphatic hydroxyl groups is 1. The average Bonchev–Trinajstić information content (AvgIpc) is 2.87. The summed E-state index contributed by atoms with van der Waals surface area (Å²) in [6.07, 6.45) is -2.58. The number of aromatic nitrogens is 2. The molecule has 1 N–H and O–H groups in total.